The van der Waals surface area contributed by atoms with E-state index >= 15 is 0 Å². The van der Waals surface area contributed by atoms with Crippen LogP contribution in [0.3, 0.4) is 0 Å². The number of nitrogens with one attached hydrogen (secondary N) is 1. The molecule has 0 saturated carbocycles. The van der Waals surface area contributed by atoms with E-state index in [1.54, 1.807) is 0 Å². The fourth-order valence-electron chi connectivity index (χ4n) is 3.42. The summed E-state index contributed by atoms with van der Waals surface area (Å²) in [5.74, 6) is 0.765. The van der Waals surface area contributed by atoms with Gasteiger partial charge in [-0.1, -0.05) is 6.42 Å². The maximum absolute atomic E-state index is 9.10. The molecule has 2 rings (SSSR count). The van der Waals surface area contributed by atoms with E-state index in [4.69, 9.17) is 5.11 Å². The third-order valence-corrected chi connectivity index (χ3v) is 4.55. The van der Waals surface area contributed by atoms with Gasteiger partial charge in [0.15, 0.2) is 0 Å². The van der Waals surface area contributed by atoms with E-state index in [0.717, 1.165) is 25.6 Å². The van der Waals surface area contributed by atoms with Gasteiger partial charge in [0.2, 0.25) is 0 Å². The molecule has 4 nitrogen and oxygen atoms in total. The summed E-state index contributed by atoms with van der Waals surface area (Å²) in [6.07, 6.45) is 5.44. The van der Waals surface area contributed by atoms with Crippen LogP contribution >= 0.6 is 0 Å². The van der Waals surface area contributed by atoms with E-state index in [1.807, 2.05) is 0 Å². The van der Waals surface area contributed by atoms with Crippen molar-refractivity contribution in [2.45, 2.75) is 31.7 Å². The fraction of sp³-hybridized carbons (Fsp3) is 1.00. The van der Waals surface area contributed by atoms with Crippen LogP contribution in [0.1, 0.15) is 25.7 Å². The zero-order chi connectivity index (χ0) is 12.8. The Balaban J connectivity index is 1.86. The number of aliphatic hydroxyl groups is 1. The van der Waals surface area contributed by atoms with Gasteiger partial charge in [0, 0.05) is 25.7 Å². The molecule has 2 aliphatic rings. The number of nitrogens with zero attached hydrogens (tertiary/aromatic N) is 2. The molecule has 2 saturated heterocycles. The highest BCUT2D eigenvalue weighted by molar-refractivity contribution is 4.86. The highest BCUT2D eigenvalue weighted by Gasteiger charge is 2.29. The maximum Gasteiger partial charge on any atom is 0.0558 e. The molecule has 0 amide bonds. The van der Waals surface area contributed by atoms with Crippen molar-refractivity contribution in [3.05, 3.63) is 0 Å². The first-order valence-corrected chi connectivity index (χ1v) is 7.55. The first-order chi connectivity index (χ1) is 8.81. The van der Waals surface area contributed by atoms with Crippen LogP contribution in [0.2, 0.25) is 0 Å². The molecule has 0 aromatic carbocycles. The quantitative estimate of drug-likeness (QED) is 0.745. The minimum absolute atomic E-state index is 0.267. The smallest absolute Gasteiger partial charge is 0.0558 e. The van der Waals surface area contributed by atoms with E-state index < -0.39 is 0 Å². The van der Waals surface area contributed by atoms with Gasteiger partial charge in [-0.15, -0.1) is 0 Å². The van der Waals surface area contributed by atoms with E-state index in [1.165, 1.54) is 45.3 Å². The summed E-state index contributed by atoms with van der Waals surface area (Å²) in [6, 6.07) is 0.591. The minimum Gasteiger partial charge on any atom is -0.395 e. The molecule has 0 aliphatic carbocycles. The molecule has 2 fully saturated rings. The van der Waals surface area contributed by atoms with Gasteiger partial charge < -0.3 is 15.3 Å². The molecule has 0 aromatic heterocycles. The Morgan fingerprint density at radius 3 is 2.78 bits per heavy atom. The van der Waals surface area contributed by atoms with Crippen molar-refractivity contribution < 1.29 is 5.11 Å². The minimum atomic E-state index is 0.267. The molecule has 2 atom stereocenters. The van der Waals surface area contributed by atoms with Crippen molar-refractivity contribution in [3.63, 3.8) is 0 Å². The van der Waals surface area contributed by atoms with Crippen molar-refractivity contribution >= 4 is 0 Å². The van der Waals surface area contributed by atoms with E-state index in [2.05, 4.69) is 22.2 Å². The van der Waals surface area contributed by atoms with E-state index in [9.17, 15) is 0 Å². The third-order valence-electron chi connectivity index (χ3n) is 4.55. The van der Waals surface area contributed by atoms with Crippen LogP contribution in [0.15, 0.2) is 0 Å². The number of rotatable bonds is 5. The van der Waals surface area contributed by atoms with Crippen LogP contribution in [-0.2, 0) is 0 Å². The summed E-state index contributed by atoms with van der Waals surface area (Å²) >= 11 is 0. The van der Waals surface area contributed by atoms with Crippen molar-refractivity contribution in [3.8, 4) is 0 Å². The van der Waals surface area contributed by atoms with E-state index in [-0.39, 0.29) is 6.61 Å². The zero-order valence-corrected chi connectivity index (χ0v) is 11.8. The highest BCUT2D eigenvalue weighted by atomic mass is 16.3. The van der Waals surface area contributed by atoms with Crippen LogP contribution in [0, 0.1) is 5.92 Å². The molecular formula is C14H29N3O. The highest BCUT2D eigenvalue weighted by Crippen LogP contribution is 2.20. The molecule has 2 unspecified atom stereocenters. The van der Waals surface area contributed by atoms with Gasteiger partial charge in [0.1, 0.15) is 0 Å². The predicted octanol–water partition coefficient (Wildman–Crippen LogP) is 0.375. The van der Waals surface area contributed by atoms with Gasteiger partial charge in [-0.05, 0) is 51.9 Å². The summed E-state index contributed by atoms with van der Waals surface area (Å²) in [6.45, 7) is 7.13. The van der Waals surface area contributed by atoms with Crippen LogP contribution in [0.4, 0.5) is 0 Å². The maximum atomic E-state index is 9.10. The molecule has 2 aliphatic heterocycles. The summed E-state index contributed by atoms with van der Waals surface area (Å²) in [7, 11) is 2.15. The van der Waals surface area contributed by atoms with Gasteiger partial charge in [-0.25, -0.2) is 0 Å². The summed E-state index contributed by atoms with van der Waals surface area (Å²) < 4.78 is 0. The van der Waals surface area contributed by atoms with Gasteiger partial charge in [0.05, 0.1) is 6.61 Å². The molecule has 4 heteroatoms. The lowest BCUT2D eigenvalue weighted by Crippen LogP contribution is -2.53. The Morgan fingerprint density at radius 2 is 2.06 bits per heavy atom. The van der Waals surface area contributed by atoms with Crippen molar-refractivity contribution in [2.24, 2.45) is 5.92 Å². The Kier molecular flexibility index (Phi) is 5.89. The number of likely N-dealkylation sites (N-methyl/N-ethyl adjacent to an activating group) is 1. The van der Waals surface area contributed by atoms with Gasteiger partial charge in [0.25, 0.3) is 0 Å². The van der Waals surface area contributed by atoms with Crippen LogP contribution in [0.25, 0.3) is 0 Å². The summed E-state index contributed by atoms with van der Waals surface area (Å²) in [5, 5.41) is 12.6. The Morgan fingerprint density at radius 1 is 1.28 bits per heavy atom. The van der Waals surface area contributed by atoms with Crippen molar-refractivity contribution in [2.75, 3.05) is 52.9 Å². The van der Waals surface area contributed by atoms with Gasteiger partial charge >= 0.3 is 0 Å². The molecule has 0 spiro atoms. The molecule has 0 bridgehead atoms. The van der Waals surface area contributed by atoms with Crippen LogP contribution in [0.5, 0.6) is 0 Å². The van der Waals surface area contributed by atoms with Crippen molar-refractivity contribution in [1.82, 2.24) is 15.1 Å². The lowest BCUT2D eigenvalue weighted by Gasteiger charge is -2.41. The first-order valence-electron chi connectivity index (χ1n) is 7.55. The second kappa shape index (κ2) is 7.43. The lowest BCUT2D eigenvalue weighted by atomic mass is 9.90. The van der Waals surface area contributed by atoms with Crippen molar-refractivity contribution in [1.29, 1.82) is 0 Å². The largest absolute Gasteiger partial charge is 0.395 e. The van der Waals surface area contributed by atoms with Crippen LogP contribution in [-0.4, -0.2) is 73.9 Å². The molecule has 2 N–H and O–H groups in total. The zero-order valence-electron chi connectivity index (χ0n) is 11.8. The fourth-order valence-corrected chi connectivity index (χ4v) is 3.42. The number of hydrogen-bond donors (Lipinski definition) is 2. The second-order valence-electron chi connectivity index (χ2n) is 5.89. The lowest BCUT2D eigenvalue weighted by molar-refractivity contribution is 0.0841. The normalized spacial score (nSPS) is 30.8. The van der Waals surface area contributed by atoms with Gasteiger partial charge in [-0.3, -0.25) is 4.90 Å². The van der Waals surface area contributed by atoms with E-state index in [0.29, 0.717) is 6.04 Å². The average Bonchev–Trinajstić information content (AvgIpc) is 2.41. The second-order valence-corrected chi connectivity index (χ2v) is 5.89. The van der Waals surface area contributed by atoms with Gasteiger partial charge in [-0.2, -0.15) is 0 Å². The first kappa shape index (κ1) is 14.3. The topological polar surface area (TPSA) is 38.7 Å². The predicted molar refractivity (Wildman–Crippen MR) is 74.8 cm³/mol. The molecule has 0 radical (unpaired) electrons. The monoisotopic (exact) mass is 255 g/mol. The SMILES string of the molecule is CN(CCO)C1CNCCC1CN1CCCCC1. The van der Waals surface area contributed by atoms with Crippen LogP contribution < -0.4 is 5.32 Å². The Labute approximate surface area is 111 Å². The third kappa shape index (κ3) is 3.92. The Hall–Kier alpha value is -0.160. The number of likely N-dealkylation sites (tertiary alicyclic amines) is 1. The number of aliphatic hydroxyl groups excluding tert-OH is 1. The number of piperidine rings is 2. The molecule has 2 heterocycles. The molecule has 106 valence electrons. The summed E-state index contributed by atoms with van der Waals surface area (Å²) in [4.78, 5) is 4.99. The molecule has 0 aromatic rings. The Bertz CT molecular complexity index is 231. The molecular weight excluding hydrogens is 226 g/mol. The molecule has 18 heavy (non-hydrogen) atoms. The number of hydrogen-bond acceptors (Lipinski definition) is 4. The summed E-state index contributed by atoms with van der Waals surface area (Å²) in [5.41, 5.74) is 0. The standard InChI is InChI=1S/C14H29N3O/c1-16(9-10-18)14-11-15-6-5-13(14)12-17-7-3-2-4-8-17/h13-15,18H,2-12H2,1H3. The average molecular weight is 255 g/mol.